The molecule has 0 N–H and O–H groups in total. The highest BCUT2D eigenvalue weighted by Crippen LogP contribution is 2.30. The van der Waals surface area contributed by atoms with Crippen LogP contribution in [0.15, 0.2) is 23.3 Å². The Morgan fingerprint density at radius 1 is 1.30 bits per heavy atom. The molecule has 2 rings (SSSR count). The maximum absolute atomic E-state index is 13.3. The van der Waals surface area contributed by atoms with Gasteiger partial charge in [-0.25, -0.2) is 9.18 Å². The average Bonchev–Trinajstić information content (AvgIpc) is 2.46. The van der Waals surface area contributed by atoms with Crippen molar-refractivity contribution in [1.29, 1.82) is 0 Å². The number of nitrogens with zero attached hydrogens (tertiary/aromatic N) is 5. The van der Waals surface area contributed by atoms with Gasteiger partial charge < -0.3 is 14.5 Å². The fraction of sp³-hybridized carbons (Fsp3) is 0.533. The molecule has 0 saturated carbocycles. The minimum Gasteiger partial charge on any atom is -0.444 e. The Hall–Kier alpha value is -2.47. The summed E-state index contributed by atoms with van der Waals surface area (Å²) in [5.41, 5.74) is 8.98. The minimum atomic E-state index is -0.528. The lowest BCUT2D eigenvalue weighted by Crippen LogP contribution is -2.50. The van der Waals surface area contributed by atoms with Gasteiger partial charge in [0.15, 0.2) is 0 Å². The summed E-state index contributed by atoms with van der Waals surface area (Å²) in [5.74, 6) is -0.455. The SMILES string of the molecule is CC(C)(C)OC(=O)N1CCN(c2ccc(F)cc2N=[N+]=[N-])CC1. The first-order valence-electron chi connectivity index (χ1n) is 7.38. The molecule has 7 nitrogen and oxygen atoms in total. The van der Waals surface area contributed by atoms with Gasteiger partial charge in [0.2, 0.25) is 0 Å². The zero-order chi connectivity index (χ0) is 17.0. The fourth-order valence-corrected chi connectivity index (χ4v) is 2.35. The molecule has 23 heavy (non-hydrogen) atoms. The van der Waals surface area contributed by atoms with Gasteiger partial charge in [0.05, 0.1) is 5.69 Å². The van der Waals surface area contributed by atoms with Crippen molar-refractivity contribution >= 4 is 17.5 Å². The third-order valence-corrected chi connectivity index (χ3v) is 3.36. The summed E-state index contributed by atoms with van der Waals surface area (Å²) in [4.78, 5) is 18.4. The smallest absolute Gasteiger partial charge is 0.410 e. The quantitative estimate of drug-likeness (QED) is 0.471. The summed E-state index contributed by atoms with van der Waals surface area (Å²) in [5, 5.41) is 3.54. The second-order valence-corrected chi connectivity index (χ2v) is 6.28. The van der Waals surface area contributed by atoms with E-state index in [9.17, 15) is 9.18 Å². The first-order valence-corrected chi connectivity index (χ1v) is 7.38. The largest absolute Gasteiger partial charge is 0.444 e. The average molecular weight is 321 g/mol. The molecule has 0 spiro atoms. The van der Waals surface area contributed by atoms with E-state index in [-0.39, 0.29) is 11.8 Å². The molecule has 1 fully saturated rings. The van der Waals surface area contributed by atoms with Crippen LogP contribution in [0.25, 0.3) is 10.4 Å². The fourth-order valence-electron chi connectivity index (χ4n) is 2.35. The molecule has 1 aliphatic heterocycles. The second kappa shape index (κ2) is 6.75. The zero-order valence-corrected chi connectivity index (χ0v) is 13.5. The number of carbonyl (C=O) groups is 1. The Balaban J connectivity index is 2.05. The van der Waals surface area contributed by atoms with Crippen molar-refractivity contribution < 1.29 is 13.9 Å². The van der Waals surface area contributed by atoms with Gasteiger partial charge in [-0.2, -0.15) is 0 Å². The monoisotopic (exact) mass is 321 g/mol. The topological polar surface area (TPSA) is 81.5 Å². The summed E-state index contributed by atoms with van der Waals surface area (Å²) >= 11 is 0. The predicted molar refractivity (Wildman–Crippen MR) is 85.2 cm³/mol. The standard InChI is InChI=1S/C15H20FN5O2/c1-15(2,3)23-14(22)21-8-6-20(7-9-21)13-5-4-11(16)10-12(13)18-19-17/h4-5,10H,6-9H2,1-3H3. The molecule has 1 aromatic carbocycles. The van der Waals surface area contributed by atoms with E-state index in [1.807, 2.05) is 25.7 Å². The number of amides is 1. The molecule has 0 aliphatic carbocycles. The number of hydrogen-bond acceptors (Lipinski definition) is 4. The van der Waals surface area contributed by atoms with Crippen molar-refractivity contribution in [2.24, 2.45) is 5.11 Å². The summed E-state index contributed by atoms with van der Waals surface area (Å²) in [7, 11) is 0. The van der Waals surface area contributed by atoms with E-state index < -0.39 is 11.4 Å². The molecule has 0 aromatic heterocycles. The Morgan fingerprint density at radius 2 is 1.96 bits per heavy atom. The van der Waals surface area contributed by atoms with Crippen LogP contribution in [0.5, 0.6) is 0 Å². The van der Waals surface area contributed by atoms with Crippen molar-refractivity contribution in [1.82, 2.24) is 4.90 Å². The van der Waals surface area contributed by atoms with E-state index in [0.29, 0.717) is 31.9 Å². The summed E-state index contributed by atoms with van der Waals surface area (Å²) < 4.78 is 18.6. The number of carbonyl (C=O) groups excluding carboxylic acids is 1. The number of anilines is 1. The van der Waals surface area contributed by atoms with Gasteiger partial charge in [0, 0.05) is 36.8 Å². The van der Waals surface area contributed by atoms with Crippen LogP contribution in [0.3, 0.4) is 0 Å². The van der Waals surface area contributed by atoms with Crippen molar-refractivity contribution in [2.45, 2.75) is 26.4 Å². The molecule has 0 bridgehead atoms. The number of hydrogen-bond donors (Lipinski definition) is 0. The Labute approximate surface area is 134 Å². The number of halogens is 1. The molecule has 0 atom stereocenters. The van der Waals surface area contributed by atoms with Gasteiger partial charge in [-0.1, -0.05) is 5.11 Å². The summed E-state index contributed by atoms with van der Waals surface area (Å²) in [6.07, 6.45) is -0.341. The molecular weight excluding hydrogens is 301 g/mol. The third kappa shape index (κ3) is 4.50. The molecular formula is C15H20FN5O2. The van der Waals surface area contributed by atoms with E-state index in [1.165, 1.54) is 12.1 Å². The molecule has 1 amide bonds. The zero-order valence-electron chi connectivity index (χ0n) is 13.5. The van der Waals surface area contributed by atoms with Crippen molar-refractivity contribution in [3.8, 4) is 0 Å². The predicted octanol–water partition coefficient (Wildman–Crippen LogP) is 3.82. The van der Waals surface area contributed by atoms with E-state index >= 15 is 0 Å². The van der Waals surface area contributed by atoms with Crippen LogP contribution in [0.1, 0.15) is 20.8 Å². The number of rotatable bonds is 2. The van der Waals surface area contributed by atoms with E-state index in [0.717, 1.165) is 0 Å². The maximum Gasteiger partial charge on any atom is 0.410 e. The highest BCUT2D eigenvalue weighted by molar-refractivity contribution is 5.70. The second-order valence-electron chi connectivity index (χ2n) is 6.28. The highest BCUT2D eigenvalue weighted by atomic mass is 19.1. The Bertz CT molecular complexity index is 629. The maximum atomic E-state index is 13.3. The van der Waals surface area contributed by atoms with Gasteiger partial charge in [-0.15, -0.1) is 0 Å². The van der Waals surface area contributed by atoms with Crippen LogP contribution >= 0.6 is 0 Å². The number of piperazine rings is 1. The first-order chi connectivity index (χ1) is 10.8. The lowest BCUT2D eigenvalue weighted by molar-refractivity contribution is 0.0240. The number of azide groups is 1. The molecule has 1 aromatic rings. The van der Waals surface area contributed by atoms with Gasteiger partial charge in [0.25, 0.3) is 0 Å². The minimum absolute atomic E-state index is 0.248. The van der Waals surface area contributed by atoms with Crippen molar-refractivity contribution in [3.63, 3.8) is 0 Å². The van der Waals surface area contributed by atoms with Gasteiger partial charge in [-0.3, -0.25) is 0 Å². The van der Waals surface area contributed by atoms with E-state index in [2.05, 4.69) is 10.0 Å². The van der Waals surface area contributed by atoms with Gasteiger partial charge in [0.1, 0.15) is 11.4 Å². The van der Waals surface area contributed by atoms with Crippen LogP contribution in [0.4, 0.5) is 20.6 Å². The third-order valence-electron chi connectivity index (χ3n) is 3.36. The van der Waals surface area contributed by atoms with E-state index in [4.69, 9.17) is 10.3 Å². The number of ether oxygens (including phenoxy) is 1. The molecule has 1 saturated heterocycles. The lowest BCUT2D eigenvalue weighted by Gasteiger charge is -2.37. The van der Waals surface area contributed by atoms with Crippen LogP contribution in [-0.4, -0.2) is 42.8 Å². The van der Waals surface area contributed by atoms with Crippen molar-refractivity contribution in [2.75, 3.05) is 31.1 Å². The van der Waals surface area contributed by atoms with Crippen LogP contribution in [0, 0.1) is 5.82 Å². The Morgan fingerprint density at radius 3 is 2.52 bits per heavy atom. The Kier molecular flexibility index (Phi) is 4.95. The normalized spacial score (nSPS) is 15.1. The van der Waals surface area contributed by atoms with Crippen molar-refractivity contribution in [3.05, 3.63) is 34.5 Å². The van der Waals surface area contributed by atoms with Crippen LogP contribution in [0.2, 0.25) is 0 Å². The highest BCUT2D eigenvalue weighted by Gasteiger charge is 2.26. The van der Waals surface area contributed by atoms with Crippen LogP contribution < -0.4 is 4.90 Å². The summed E-state index contributed by atoms with van der Waals surface area (Å²) in [6, 6.07) is 4.11. The molecule has 0 unspecified atom stereocenters. The molecule has 1 aliphatic rings. The lowest BCUT2D eigenvalue weighted by atomic mass is 10.2. The van der Waals surface area contributed by atoms with E-state index in [1.54, 1.807) is 11.0 Å². The molecule has 8 heteroatoms. The summed E-state index contributed by atoms with van der Waals surface area (Å²) in [6.45, 7) is 7.56. The van der Waals surface area contributed by atoms with Gasteiger partial charge in [-0.05, 0) is 44.5 Å². The number of benzene rings is 1. The first kappa shape index (κ1) is 16.9. The molecule has 0 radical (unpaired) electrons. The molecule has 1 heterocycles. The van der Waals surface area contributed by atoms with Crippen LogP contribution in [-0.2, 0) is 4.74 Å². The molecule has 124 valence electrons. The van der Waals surface area contributed by atoms with Gasteiger partial charge >= 0.3 is 6.09 Å².